The van der Waals surface area contributed by atoms with Crippen LogP contribution >= 0.6 is 6.26 Å². The Labute approximate surface area is 296 Å². The molecule has 0 fully saturated rings. The zero-order valence-corrected chi connectivity index (χ0v) is 33.6. The first-order valence-electron chi connectivity index (χ1n) is 16.8. The fourth-order valence-corrected chi connectivity index (χ4v) is 12.7. The summed E-state index contributed by atoms with van der Waals surface area (Å²) < 4.78 is 9.67. The van der Waals surface area contributed by atoms with E-state index >= 15 is 0 Å². The van der Waals surface area contributed by atoms with Crippen molar-refractivity contribution in [1.82, 2.24) is 0 Å². The predicted molar refractivity (Wildman–Crippen MR) is 212 cm³/mol. The maximum absolute atomic E-state index is 7.21. The minimum atomic E-state index is -2.55. The standard InChI is InChI=1S/C41H51GeN2OPS/c1-28(2)36-23-17-24-37(29(3)4)40(36)43-32(9)27-33(10)44(41-38(30(5)6)25-18-26-39(41)31(7)8)42-45-46(47,34-19-13-11-14-20-34)35-21-15-12-16-22-35/h11-31H,1-10H3/b33-27-,43-32?. The van der Waals surface area contributed by atoms with E-state index in [2.05, 4.69) is 164 Å². The first-order valence-corrected chi connectivity index (χ1v) is 21.3. The number of rotatable bonds is 13. The molecule has 0 aliphatic heterocycles. The molecule has 0 atom stereocenters. The normalized spacial score (nSPS) is 12.9. The SMILES string of the molecule is CC(/C=C(/C)[N]([Ge][O]P(=S)(c1ccccc1)c1ccccc1)c1c(C(C)C)cccc1C(C)C)=Nc1c(C(C)C)cccc1C(C)C. The molecule has 0 aliphatic carbocycles. The van der Waals surface area contributed by atoms with Crippen LogP contribution in [-0.2, 0) is 15.4 Å². The van der Waals surface area contributed by atoms with E-state index in [4.69, 9.17) is 20.3 Å². The van der Waals surface area contributed by atoms with Gasteiger partial charge >= 0.3 is 298 Å². The fraction of sp³-hybridized carbons (Fsp3) is 0.341. The number of para-hydroxylation sites is 2. The van der Waals surface area contributed by atoms with Crippen molar-refractivity contribution < 1.29 is 3.55 Å². The molecule has 0 aromatic heterocycles. The second kappa shape index (κ2) is 16.6. The van der Waals surface area contributed by atoms with Gasteiger partial charge in [0, 0.05) is 0 Å². The Hall–Kier alpha value is -2.76. The zero-order valence-electron chi connectivity index (χ0n) is 29.8. The summed E-state index contributed by atoms with van der Waals surface area (Å²) in [5.74, 6) is 1.46. The van der Waals surface area contributed by atoms with Crippen molar-refractivity contribution in [3.05, 3.63) is 131 Å². The molecule has 47 heavy (non-hydrogen) atoms. The average Bonchev–Trinajstić information content (AvgIpc) is 3.05. The summed E-state index contributed by atoms with van der Waals surface area (Å²) in [5, 5.41) is 2.16. The molecule has 0 spiro atoms. The van der Waals surface area contributed by atoms with Crippen LogP contribution < -0.4 is 14.5 Å². The topological polar surface area (TPSA) is 24.8 Å². The molecular weight excluding hydrogens is 672 g/mol. The van der Waals surface area contributed by atoms with Crippen LogP contribution in [0.3, 0.4) is 0 Å². The van der Waals surface area contributed by atoms with Crippen molar-refractivity contribution >= 4 is 61.8 Å². The van der Waals surface area contributed by atoms with E-state index < -0.39 is 22.3 Å². The Morgan fingerprint density at radius 2 is 1.04 bits per heavy atom. The van der Waals surface area contributed by atoms with Crippen LogP contribution in [0, 0.1) is 0 Å². The average molecular weight is 724 g/mol. The van der Waals surface area contributed by atoms with Crippen LogP contribution in [0.2, 0.25) is 0 Å². The zero-order chi connectivity index (χ0) is 34.3. The molecule has 6 heteroatoms. The van der Waals surface area contributed by atoms with Crippen LogP contribution in [-0.4, -0.2) is 21.7 Å². The van der Waals surface area contributed by atoms with Crippen molar-refractivity contribution in [2.24, 2.45) is 4.99 Å². The number of hydrogen-bond acceptors (Lipinski definition) is 4. The number of anilines is 1. The Morgan fingerprint density at radius 1 is 0.638 bits per heavy atom. The summed E-state index contributed by atoms with van der Waals surface area (Å²) in [4.78, 5) is 5.31. The molecular formula is C41H51GeN2OPS. The van der Waals surface area contributed by atoms with Gasteiger partial charge in [0.25, 0.3) is 0 Å². The van der Waals surface area contributed by atoms with E-state index in [-0.39, 0.29) is 0 Å². The van der Waals surface area contributed by atoms with Crippen molar-refractivity contribution in [3.63, 3.8) is 0 Å². The monoisotopic (exact) mass is 724 g/mol. The van der Waals surface area contributed by atoms with E-state index in [1.54, 1.807) is 0 Å². The molecule has 4 aromatic rings. The van der Waals surface area contributed by atoms with E-state index in [1.807, 2.05) is 12.1 Å². The molecule has 4 aromatic carbocycles. The Bertz CT molecular complexity index is 1650. The Kier molecular flexibility index (Phi) is 13.1. The number of nitrogens with zero attached hydrogens (tertiary/aromatic N) is 2. The molecule has 3 nitrogen and oxygen atoms in total. The van der Waals surface area contributed by atoms with E-state index in [1.165, 1.54) is 27.9 Å². The van der Waals surface area contributed by atoms with Crippen molar-refractivity contribution in [2.45, 2.75) is 92.9 Å². The maximum atomic E-state index is 7.21. The molecule has 0 saturated carbocycles. The quantitative estimate of drug-likeness (QED) is 0.0780. The van der Waals surface area contributed by atoms with Crippen molar-refractivity contribution in [3.8, 4) is 0 Å². The van der Waals surface area contributed by atoms with Gasteiger partial charge in [0.1, 0.15) is 0 Å². The van der Waals surface area contributed by atoms with Crippen LogP contribution in [0.15, 0.2) is 114 Å². The van der Waals surface area contributed by atoms with E-state index in [9.17, 15) is 0 Å². The Morgan fingerprint density at radius 3 is 1.45 bits per heavy atom. The second-order valence-electron chi connectivity index (χ2n) is 13.5. The van der Waals surface area contributed by atoms with Crippen LogP contribution in [0.4, 0.5) is 11.4 Å². The molecule has 0 aliphatic rings. The van der Waals surface area contributed by atoms with Gasteiger partial charge in [-0.1, -0.05) is 0 Å². The first kappa shape index (κ1) is 37.1. The van der Waals surface area contributed by atoms with Gasteiger partial charge in [0.15, 0.2) is 0 Å². The third kappa shape index (κ3) is 8.84. The van der Waals surface area contributed by atoms with Crippen LogP contribution in [0.5, 0.6) is 0 Å². The predicted octanol–water partition coefficient (Wildman–Crippen LogP) is 11.3. The summed E-state index contributed by atoms with van der Waals surface area (Å²) >= 11 is 5.32. The van der Waals surface area contributed by atoms with Gasteiger partial charge in [0.2, 0.25) is 0 Å². The first-order chi connectivity index (χ1) is 22.3. The molecule has 4 rings (SSSR count). The van der Waals surface area contributed by atoms with Gasteiger partial charge in [-0.3, -0.25) is 0 Å². The molecule has 2 radical (unpaired) electrons. The number of benzene rings is 4. The summed E-state index contributed by atoms with van der Waals surface area (Å²) in [7, 11) is 0. The summed E-state index contributed by atoms with van der Waals surface area (Å²) in [6, 6.07) is 34.2. The summed E-state index contributed by atoms with van der Waals surface area (Å²) in [6.07, 6.45) is -0.310. The third-order valence-corrected chi connectivity index (χ3v) is 16.9. The number of hydrogen-bond donors (Lipinski definition) is 0. The molecule has 0 unspecified atom stereocenters. The van der Waals surface area contributed by atoms with Gasteiger partial charge in [-0.2, -0.15) is 0 Å². The molecule has 0 heterocycles. The molecule has 246 valence electrons. The number of aliphatic imine (C=N–C) groups is 1. The molecule has 0 amide bonds. The molecule has 0 bridgehead atoms. The molecule has 0 saturated heterocycles. The molecule has 0 N–H and O–H groups in total. The van der Waals surface area contributed by atoms with Crippen LogP contribution in [0.25, 0.3) is 0 Å². The number of allylic oxidation sites excluding steroid dienone is 2. The van der Waals surface area contributed by atoms with E-state index in [0.717, 1.165) is 27.7 Å². The van der Waals surface area contributed by atoms with Crippen LogP contribution in [0.1, 0.15) is 115 Å². The summed E-state index contributed by atoms with van der Waals surface area (Å²) in [6.45, 7) is 22.4. The second-order valence-corrected chi connectivity index (χ2v) is 19.8. The van der Waals surface area contributed by atoms with Crippen molar-refractivity contribution in [2.75, 3.05) is 3.86 Å². The van der Waals surface area contributed by atoms with Gasteiger partial charge < -0.3 is 0 Å². The van der Waals surface area contributed by atoms with Gasteiger partial charge in [-0.25, -0.2) is 0 Å². The Balaban J connectivity index is 1.89. The summed E-state index contributed by atoms with van der Waals surface area (Å²) in [5.41, 5.74) is 9.68. The van der Waals surface area contributed by atoms with Gasteiger partial charge in [-0.15, -0.1) is 0 Å². The minimum absolute atomic E-state index is 0.346. The van der Waals surface area contributed by atoms with Gasteiger partial charge in [-0.05, 0) is 0 Å². The van der Waals surface area contributed by atoms with E-state index in [0.29, 0.717) is 23.7 Å². The van der Waals surface area contributed by atoms with Gasteiger partial charge in [0.05, 0.1) is 0 Å². The van der Waals surface area contributed by atoms with Crippen molar-refractivity contribution in [1.29, 1.82) is 0 Å². The fourth-order valence-electron chi connectivity index (χ4n) is 5.88. The third-order valence-electron chi connectivity index (χ3n) is 8.42.